The zero-order chi connectivity index (χ0) is 25.5. The predicted molar refractivity (Wildman–Crippen MR) is 137 cm³/mol. The Bertz CT molecular complexity index is 740. The molecule has 0 amide bonds. The normalized spacial score (nSPS) is 47.9. The molecule has 4 saturated carbocycles. The monoisotopic (exact) mass is 492 g/mol. The van der Waals surface area contributed by atoms with Gasteiger partial charge >= 0.3 is 5.97 Å². The highest BCUT2D eigenvalue weighted by atomic mass is 16.7. The van der Waals surface area contributed by atoms with E-state index in [1.165, 1.54) is 39.0 Å². The lowest BCUT2D eigenvalue weighted by atomic mass is 9.41. The molecule has 35 heavy (non-hydrogen) atoms. The summed E-state index contributed by atoms with van der Waals surface area (Å²) in [5.41, 5.74) is 0.463. The minimum Gasteiger partial charge on any atom is -0.466 e. The van der Waals surface area contributed by atoms with E-state index in [9.17, 15) is 9.90 Å². The summed E-state index contributed by atoms with van der Waals surface area (Å²) >= 11 is 0. The third-order valence-corrected chi connectivity index (χ3v) is 11.6. The van der Waals surface area contributed by atoms with Crippen LogP contribution >= 0.6 is 0 Å². The van der Waals surface area contributed by atoms with Gasteiger partial charge in [-0.2, -0.15) is 0 Å². The van der Waals surface area contributed by atoms with Crippen LogP contribution in [0.15, 0.2) is 0 Å². The van der Waals surface area contributed by atoms with Crippen molar-refractivity contribution in [3.8, 4) is 0 Å². The van der Waals surface area contributed by atoms with E-state index in [0.717, 1.165) is 25.2 Å². The zero-order valence-electron chi connectivity index (χ0n) is 23.4. The molecule has 202 valence electrons. The zero-order valence-corrected chi connectivity index (χ0v) is 23.4. The largest absolute Gasteiger partial charge is 0.466 e. The van der Waals surface area contributed by atoms with Crippen molar-refractivity contribution in [1.82, 2.24) is 0 Å². The van der Waals surface area contributed by atoms with E-state index in [0.29, 0.717) is 54.3 Å². The van der Waals surface area contributed by atoms with Crippen LogP contribution in [0, 0.1) is 58.2 Å². The molecule has 0 spiro atoms. The second-order valence-electron chi connectivity index (χ2n) is 13.4. The maximum absolute atomic E-state index is 11.5. The molecule has 4 aliphatic carbocycles. The number of hydrogen-bond donors (Lipinski definition) is 1. The molecule has 0 aliphatic heterocycles. The summed E-state index contributed by atoms with van der Waals surface area (Å²) in [6, 6.07) is 0. The van der Waals surface area contributed by atoms with Gasteiger partial charge in [0, 0.05) is 14.0 Å². The van der Waals surface area contributed by atoms with Crippen LogP contribution in [0.4, 0.5) is 0 Å². The SMILES string of the molecule is CC[C@H]1[C@@H](OCOC)C2C3C[C@H](O)[C@H]([C@H](C)CCOC(C)=O)[C@@]3(C)CCC2[C@@]2(C)CC[C@@H](C)C[C@@H]12. The summed E-state index contributed by atoms with van der Waals surface area (Å²) in [5.74, 6) is 4.00. The number of esters is 1. The highest BCUT2D eigenvalue weighted by Crippen LogP contribution is 2.70. The highest BCUT2D eigenvalue weighted by Gasteiger charge is 2.66. The average Bonchev–Trinajstić information content (AvgIpc) is 3.07. The van der Waals surface area contributed by atoms with E-state index >= 15 is 0 Å². The van der Waals surface area contributed by atoms with Crippen LogP contribution in [0.1, 0.15) is 92.9 Å². The molecule has 4 fully saturated rings. The van der Waals surface area contributed by atoms with Gasteiger partial charge in [0.25, 0.3) is 0 Å². The predicted octanol–water partition coefficient (Wildman–Crippen LogP) is 6.08. The number of aliphatic hydroxyl groups is 1. The third-order valence-electron chi connectivity index (χ3n) is 11.6. The van der Waals surface area contributed by atoms with Crippen LogP contribution < -0.4 is 0 Å². The molecule has 4 rings (SSSR count). The molecule has 0 bridgehead atoms. The Morgan fingerprint density at radius 1 is 1.09 bits per heavy atom. The number of rotatable bonds is 8. The maximum Gasteiger partial charge on any atom is 0.302 e. The van der Waals surface area contributed by atoms with Gasteiger partial charge in [-0.25, -0.2) is 0 Å². The Hall–Kier alpha value is -0.650. The van der Waals surface area contributed by atoms with Crippen molar-refractivity contribution in [1.29, 1.82) is 0 Å². The number of carbonyl (C=O) groups excluding carboxylic acids is 1. The number of methoxy groups -OCH3 is 1. The Morgan fingerprint density at radius 3 is 2.46 bits per heavy atom. The van der Waals surface area contributed by atoms with E-state index in [1.807, 2.05) is 0 Å². The first kappa shape index (κ1) is 27.4. The van der Waals surface area contributed by atoms with Gasteiger partial charge in [0.2, 0.25) is 0 Å². The lowest BCUT2D eigenvalue weighted by Crippen LogP contribution is -2.62. The summed E-state index contributed by atoms with van der Waals surface area (Å²) in [4.78, 5) is 11.3. The van der Waals surface area contributed by atoms with Crippen molar-refractivity contribution < 1.29 is 24.1 Å². The Labute approximate surface area is 214 Å². The van der Waals surface area contributed by atoms with E-state index in [4.69, 9.17) is 14.2 Å². The molecule has 0 radical (unpaired) electrons. The van der Waals surface area contributed by atoms with Gasteiger partial charge in [-0.15, -0.1) is 0 Å². The Kier molecular flexibility index (Phi) is 8.30. The van der Waals surface area contributed by atoms with Crippen LogP contribution in [0.3, 0.4) is 0 Å². The van der Waals surface area contributed by atoms with Crippen molar-refractivity contribution in [2.75, 3.05) is 20.5 Å². The molecule has 0 aromatic carbocycles. The van der Waals surface area contributed by atoms with Crippen LogP contribution in [-0.4, -0.2) is 43.8 Å². The van der Waals surface area contributed by atoms with Crippen LogP contribution in [0.5, 0.6) is 0 Å². The van der Waals surface area contributed by atoms with Gasteiger partial charge in [-0.05, 0) is 96.7 Å². The molecular weight excluding hydrogens is 440 g/mol. The Balaban J connectivity index is 1.66. The minimum absolute atomic E-state index is 0.0916. The van der Waals surface area contributed by atoms with Gasteiger partial charge in [0.15, 0.2) is 0 Å². The highest BCUT2D eigenvalue weighted by molar-refractivity contribution is 5.65. The number of fused-ring (bicyclic) bond motifs is 5. The summed E-state index contributed by atoms with van der Waals surface area (Å²) < 4.78 is 17.4. The lowest BCUT2D eigenvalue weighted by molar-refractivity contribution is -0.231. The molecule has 5 heteroatoms. The first-order valence-electron chi connectivity index (χ1n) is 14.5. The summed E-state index contributed by atoms with van der Waals surface area (Å²) in [6.07, 6.45) is 9.18. The Morgan fingerprint density at radius 2 is 1.80 bits per heavy atom. The molecule has 0 aromatic rings. The number of hydrogen-bond acceptors (Lipinski definition) is 5. The molecule has 5 nitrogen and oxygen atoms in total. The van der Waals surface area contributed by atoms with Gasteiger partial charge in [-0.1, -0.05) is 47.5 Å². The molecule has 1 N–H and O–H groups in total. The van der Waals surface area contributed by atoms with Crippen molar-refractivity contribution >= 4 is 5.97 Å². The minimum atomic E-state index is -0.295. The standard InChI is InChI=1S/C30H52O5/c1-8-21-23-15-18(2)9-12-29(23,5)22-10-13-30(6)24(26(22)28(21)35-17-33-7)16-25(32)27(30)19(3)11-14-34-20(4)31/h18-19,21-28,32H,8-17H2,1-7H3/t18-,19-,21-,22?,23+,24?,25+,26?,27+,28-,29-,30+/m1/s1. The fraction of sp³-hybridized carbons (Fsp3) is 0.967. The molecule has 3 unspecified atom stereocenters. The lowest BCUT2D eigenvalue weighted by Gasteiger charge is -2.65. The van der Waals surface area contributed by atoms with Gasteiger partial charge in [0.1, 0.15) is 6.79 Å². The summed E-state index contributed by atoms with van der Waals surface area (Å²) in [5, 5.41) is 11.5. The number of aliphatic hydroxyl groups excluding tert-OH is 1. The van der Waals surface area contributed by atoms with Crippen molar-refractivity contribution in [3.05, 3.63) is 0 Å². The van der Waals surface area contributed by atoms with Gasteiger partial charge in [0.05, 0.1) is 18.8 Å². The second-order valence-corrected chi connectivity index (χ2v) is 13.4. The fourth-order valence-corrected chi connectivity index (χ4v) is 10.2. The molecule has 4 aliphatic rings. The molecule has 0 heterocycles. The van der Waals surface area contributed by atoms with Crippen molar-refractivity contribution in [3.63, 3.8) is 0 Å². The fourth-order valence-electron chi connectivity index (χ4n) is 10.2. The quantitative estimate of drug-likeness (QED) is 0.329. The number of carbonyl (C=O) groups is 1. The smallest absolute Gasteiger partial charge is 0.302 e. The molecular formula is C30H52O5. The number of ether oxygens (including phenoxy) is 3. The van der Waals surface area contributed by atoms with E-state index < -0.39 is 0 Å². The topological polar surface area (TPSA) is 65.0 Å². The molecule has 12 atom stereocenters. The van der Waals surface area contributed by atoms with Gasteiger partial charge < -0.3 is 19.3 Å². The van der Waals surface area contributed by atoms with Gasteiger partial charge in [-0.3, -0.25) is 4.79 Å². The van der Waals surface area contributed by atoms with Crippen LogP contribution in [0.2, 0.25) is 0 Å². The summed E-state index contributed by atoms with van der Waals surface area (Å²) in [6.45, 7) is 14.4. The summed E-state index contributed by atoms with van der Waals surface area (Å²) in [7, 11) is 1.74. The third kappa shape index (κ3) is 4.72. The molecule has 0 aromatic heterocycles. The van der Waals surface area contributed by atoms with Crippen molar-refractivity contribution in [2.24, 2.45) is 58.2 Å². The molecule has 0 saturated heterocycles. The first-order valence-corrected chi connectivity index (χ1v) is 14.5. The van der Waals surface area contributed by atoms with E-state index in [1.54, 1.807) is 7.11 Å². The first-order chi connectivity index (χ1) is 16.6. The van der Waals surface area contributed by atoms with Crippen LogP contribution in [-0.2, 0) is 19.0 Å². The van der Waals surface area contributed by atoms with E-state index in [2.05, 4.69) is 34.6 Å². The second kappa shape index (κ2) is 10.6. The van der Waals surface area contributed by atoms with Crippen molar-refractivity contribution in [2.45, 2.75) is 105 Å². The van der Waals surface area contributed by atoms with E-state index in [-0.39, 0.29) is 29.5 Å². The maximum atomic E-state index is 11.5. The average molecular weight is 493 g/mol. The van der Waals surface area contributed by atoms with Crippen LogP contribution in [0.25, 0.3) is 0 Å².